The molecule has 0 aromatic heterocycles. The Kier molecular flexibility index (Phi) is 10.1. The first-order chi connectivity index (χ1) is 8.83. The fourth-order valence-corrected chi connectivity index (χ4v) is 2.85. The van der Waals surface area contributed by atoms with Crippen LogP contribution < -0.4 is 0 Å². The highest BCUT2D eigenvalue weighted by Crippen LogP contribution is 2.28. The summed E-state index contributed by atoms with van der Waals surface area (Å²) in [5, 5.41) is 9.13. The van der Waals surface area contributed by atoms with Gasteiger partial charge < -0.3 is 5.11 Å². The van der Waals surface area contributed by atoms with Crippen LogP contribution in [0.2, 0.25) is 0 Å². The Morgan fingerprint density at radius 2 is 2.05 bits per heavy atom. The number of nitrogens with zero attached hydrogens (tertiary/aromatic N) is 1. The molecule has 3 heteroatoms. The van der Waals surface area contributed by atoms with Gasteiger partial charge in [0.15, 0.2) is 0 Å². The SMILES string of the molecule is C=C(O)CCC(C)(C)CSCCCCN=CC(C)C. The molecule has 1 N–H and O–H groups in total. The van der Waals surface area contributed by atoms with E-state index in [4.69, 9.17) is 5.11 Å². The first-order valence-electron chi connectivity index (χ1n) is 7.28. The molecule has 0 saturated carbocycles. The van der Waals surface area contributed by atoms with Crippen molar-refractivity contribution in [1.29, 1.82) is 0 Å². The van der Waals surface area contributed by atoms with Crippen LogP contribution in [0.25, 0.3) is 0 Å². The van der Waals surface area contributed by atoms with E-state index in [-0.39, 0.29) is 5.41 Å². The molecular formula is C16H31NOS. The Bertz CT molecular complexity index is 272. The van der Waals surface area contributed by atoms with Crippen LogP contribution in [0.3, 0.4) is 0 Å². The van der Waals surface area contributed by atoms with Gasteiger partial charge in [0.05, 0.1) is 5.76 Å². The zero-order valence-corrected chi connectivity index (χ0v) is 13.9. The smallest absolute Gasteiger partial charge is 0.0851 e. The van der Waals surface area contributed by atoms with Crippen LogP contribution in [0.15, 0.2) is 17.3 Å². The average molecular weight is 285 g/mol. The molecule has 0 unspecified atom stereocenters. The molecule has 0 heterocycles. The molecule has 0 aliphatic heterocycles. The number of unbranched alkanes of at least 4 members (excludes halogenated alkanes) is 1. The van der Waals surface area contributed by atoms with Gasteiger partial charge in [0, 0.05) is 19.2 Å². The number of aliphatic imine (C=N–C) groups is 1. The van der Waals surface area contributed by atoms with Crippen molar-refractivity contribution in [1.82, 2.24) is 0 Å². The number of hydrogen-bond acceptors (Lipinski definition) is 3. The van der Waals surface area contributed by atoms with Crippen molar-refractivity contribution in [2.45, 2.75) is 53.4 Å². The Hall–Kier alpha value is -0.440. The quantitative estimate of drug-likeness (QED) is 0.325. The zero-order chi connectivity index (χ0) is 14.7. The molecule has 0 aromatic carbocycles. The Morgan fingerprint density at radius 1 is 1.37 bits per heavy atom. The van der Waals surface area contributed by atoms with Crippen molar-refractivity contribution in [2.75, 3.05) is 18.1 Å². The molecule has 0 radical (unpaired) electrons. The number of aliphatic hydroxyl groups excluding tert-OH is 1. The van der Waals surface area contributed by atoms with Gasteiger partial charge in [-0.05, 0) is 42.1 Å². The Balaban J connectivity index is 3.49. The van der Waals surface area contributed by atoms with E-state index in [2.05, 4.69) is 39.3 Å². The first kappa shape index (κ1) is 18.6. The zero-order valence-electron chi connectivity index (χ0n) is 13.1. The number of allylic oxidation sites excluding steroid dienone is 1. The molecule has 0 atom stereocenters. The van der Waals surface area contributed by atoms with Crippen LogP contribution in [0.5, 0.6) is 0 Å². The molecular weight excluding hydrogens is 254 g/mol. The van der Waals surface area contributed by atoms with Gasteiger partial charge in [-0.1, -0.05) is 34.3 Å². The predicted octanol–water partition coefficient (Wildman–Crippen LogP) is 5.10. The van der Waals surface area contributed by atoms with Crippen molar-refractivity contribution in [3.8, 4) is 0 Å². The van der Waals surface area contributed by atoms with Crippen molar-refractivity contribution in [3.63, 3.8) is 0 Å². The molecule has 112 valence electrons. The van der Waals surface area contributed by atoms with Crippen LogP contribution in [-0.2, 0) is 0 Å². The van der Waals surface area contributed by atoms with E-state index in [1.807, 2.05) is 18.0 Å². The molecule has 0 bridgehead atoms. The third kappa shape index (κ3) is 13.8. The molecule has 0 aromatic rings. The Labute approximate surface area is 123 Å². The lowest BCUT2D eigenvalue weighted by atomic mass is 9.90. The van der Waals surface area contributed by atoms with Crippen LogP contribution in [-0.4, -0.2) is 29.4 Å². The number of hydrogen-bond donors (Lipinski definition) is 1. The minimum Gasteiger partial charge on any atom is -0.513 e. The summed E-state index contributed by atoms with van der Waals surface area (Å²) >= 11 is 2.01. The van der Waals surface area contributed by atoms with Gasteiger partial charge >= 0.3 is 0 Å². The highest BCUT2D eigenvalue weighted by Gasteiger charge is 2.17. The summed E-state index contributed by atoms with van der Waals surface area (Å²) in [5.74, 6) is 3.23. The maximum Gasteiger partial charge on any atom is 0.0851 e. The normalized spacial score (nSPS) is 12.5. The topological polar surface area (TPSA) is 32.6 Å². The summed E-state index contributed by atoms with van der Waals surface area (Å²) in [6.45, 7) is 13.3. The standard InChI is InChI=1S/C16H31NOS/c1-14(2)12-17-10-6-7-11-19-13-16(4,5)9-8-15(3)18/h12,14,18H,3,6-11,13H2,1-2,4-5H3. The summed E-state index contributed by atoms with van der Waals surface area (Å²) in [6, 6.07) is 0. The van der Waals surface area contributed by atoms with Crippen molar-refractivity contribution < 1.29 is 5.11 Å². The van der Waals surface area contributed by atoms with Gasteiger partial charge in [-0.25, -0.2) is 0 Å². The second-order valence-corrected chi connectivity index (χ2v) is 7.39. The molecule has 0 aliphatic rings. The van der Waals surface area contributed by atoms with E-state index in [1.165, 1.54) is 18.6 Å². The molecule has 0 fully saturated rings. The Morgan fingerprint density at radius 3 is 2.63 bits per heavy atom. The second-order valence-electron chi connectivity index (χ2n) is 6.29. The van der Waals surface area contributed by atoms with Crippen molar-refractivity contribution in [3.05, 3.63) is 12.3 Å². The fraction of sp³-hybridized carbons (Fsp3) is 0.812. The molecule has 19 heavy (non-hydrogen) atoms. The van der Waals surface area contributed by atoms with E-state index >= 15 is 0 Å². The summed E-state index contributed by atoms with van der Waals surface area (Å²) in [6.07, 6.45) is 6.19. The maximum atomic E-state index is 9.13. The van der Waals surface area contributed by atoms with Crippen molar-refractivity contribution >= 4 is 18.0 Å². The predicted molar refractivity (Wildman–Crippen MR) is 89.5 cm³/mol. The first-order valence-corrected chi connectivity index (χ1v) is 8.43. The summed E-state index contributed by atoms with van der Waals surface area (Å²) in [5.41, 5.74) is 0.284. The summed E-state index contributed by atoms with van der Waals surface area (Å²) in [7, 11) is 0. The van der Waals surface area contributed by atoms with Gasteiger partial charge in [-0.2, -0.15) is 11.8 Å². The maximum absolute atomic E-state index is 9.13. The lowest BCUT2D eigenvalue weighted by molar-refractivity contribution is 0.328. The highest BCUT2D eigenvalue weighted by molar-refractivity contribution is 7.99. The molecule has 0 aliphatic carbocycles. The van der Waals surface area contributed by atoms with Gasteiger partial charge in [0.2, 0.25) is 0 Å². The lowest BCUT2D eigenvalue weighted by Gasteiger charge is -2.23. The number of thioether (sulfide) groups is 1. The van der Waals surface area contributed by atoms with E-state index in [9.17, 15) is 0 Å². The minimum absolute atomic E-state index is 0.284. The second kappa shape index (κ2) is 10.4. The highest BCUT2D eigenvalue weighted by atomic mass is 32.2. The molecule has 0 amide bonds. The van der Waals surface area contributed by atoms with Crippen molar-refractivity contribution in [2.24, 2.45) is 16.3 Å². The van der Waals surface area contributed by atoms with Crippen LogP contribution >= 0.6 is 11.8 Å². The van der Waals surface area contributed by atoms with Gasteiger partial charge in [-0.15, -0.1) is 0 Å². The largest absolute Gasteiger partial charge is 0.513 e. The number of rotatable bonds is 11. The molecule has 0 rings (SSSR count). The van der Waals surface area contributed by atoms with E-state index in [0.29, 0.717) is 11.7 Å². The summed E-state index contributed by atoms with van der Waals surface area (Å²) in [4.78, 5) is 4.39. The van der Waals surface area contributed by atoms with E-state index < -0.39 is 0 Å². The fourth-order valence-electron chi connectivity index (χ4n) is 1.60. The van der Waals surface area contributed by atoms with Crippen LogP contribution in [0.1, 0.15) is 53.4 Å². The minimum atomic E-state index is 0.284. The van der Waals surface area contributed by atoms with Gasteiger partial charge in [0.25, 0.3) is 0 Å². The van der Waals surface area contributed by atoms with Crippen LogP contribution in [0, 0.1) is 11.3 Å². The third-order valence-corrected chi connectivity index (χ3v) is 4.38. The molecule has 0 saturated heterocycles. The lowest BCUT2D eigenvalue weighted by Crippen LogP contribution is -2.15. The monoisotopic (exact) mass is 285 g/mol. The number of aliphatic hydroxyl groups is 1. The van der Waals surface area contributed by atoms with E-state index in [1.54, 1.807) is 0 Å². The van der Waals surface area contributed by atoms with Gasteiger partial charge in [0.1, 0.15) is 0 Å². The molecule has 0 spiro atoms. The van der Waals surface area contributed by atoms with Gasteiger partial charge in [-0.3, -0.25) is 4.99 Å². The van der Waals surface area contributed by atoms with E-state index in [0.717, 1.165) is 25.1 Å². The summed E-state index contributed by atoms with van der Waals surface area (Å²) < 4.78 is 0. The van der Waals surface area contributed by atoms with Crippen LogP contribution in [0.4, 0.5) is 0 Å². The average Bonchev–Trinajstić information content (AvgIpc) is 2.30. The molecule has 2 nitrogen and oxygen atoms in total. The third-order valence-electron chi connectivity index (χ3n) is 2.81.